The second-order valence-electron chi connectivity index (χ2n) is 4.21. The predicted molar refractivity (Wildman–Crippen MR) is 64.7 cm³/mol. The molecule has 1 heterocycles. The zero-order chi connectivity index (χ0) is 11.8. The molecule has 0 saturated heterocycles. The molecule has 0 spiro atoms. The first-order valence-electron chi connectivity index (χ1n) is 5.60. The lowest BCUT2D eigenvalue weighted by molar-refractivity contribution is 0.265. The van der Waals surface area contributed by atoms with E-state index in [4.69, 9.17) is 11.6 Å². The molecule has 1 aromatic heterocycles. The molecule has 0 radical (unpaired) electrons. The van der Waals surface area contributed by atoms with E-state index in [0.29, 0.717) is 16.9 Å². The highest BCUT2D eigenvalue weighted by molar-refractivity contribution is 6.30. The third-order valence-electron chi connectivity index (χ3n) is 2.90. The summed E-state index contributed by atoms with van der Waals surface area (Å²) in [6.45, 7) is -0.0793. The molecule has 1 aromatic carbocycles. The fraction of sp³-hybridized carbons (Fsp3) is 0.333. The third-order valence-corrected chi connectivity index (χ3v) is 3.14. The molecule has 0 bridgehead atoms. The van der Waals surface area contributed by atoms with Crippen molar-refractivity contribution in [3.63, 3.8) is 0 Å². The molecule has 1 aliphatic carbocycles. The third kappa shape index (κ3) is 1.94. The number of nitrogens with zero attached hydrogens (tertiary/aromatic N) is 3. The van der Waals surface area contributed by atoms with E-state index in [2.05, 4.69) is 10.2 Å². The molecular formula is C12H12ClN3O. The molecule has 3 rings (SSSR count). The van der Waals surface area contributed by atoms with E-state index in [1.54, 1.807) is 0 Å². The maximum Gasteiger partial charge on any atom is 0.164 e. The van der Waals surface area contributed by atoms with Crippen LogP contribution in [0.25, 0.3) is 11.4 Å². The number of aliphatic hydroxyl groups excluding tert-OH is 1. The van der Waals surface area contributed by atoms with Crippen molar-refractivity contribution in [1.29, 1.82) is 0 Å². The summed E-state index contributed by atoms with van der Waals surface area (Å²) >= 11 is 5.98. The number of rotatable bonds is 3. The molecule has 17 heavy (non-hydrogen) atoms. The molecular weight excluding hydrogens is 238 g/mol. The number of benzene rings is 1. The number of hydrogen-bond donors (Lipinski definition) is 1. The Morgan fingerprint density at radius 2 is 2.18 bits per heavy atom. The van der Waals surface area contributed by atoms with Crippen LogP contribution in [-0.2, 0) is 6.61 Å². The summed E-state index contributed by atoms with van der Waals surface area (Å²) < 4.78 is 2.02. The second kappa shape index (κ2) is 4.13. The van der Waals surface area contributed by atoms with Gasteiger partial charge in [-0.1, -0.05) is 23.7 Å². The van der Waals surface area contributed by atoms with Gasteiger partial charge in [0, 0.05) is 16.6 Å². The van der Waals surface area contributed by atoms with Gasteiger partial charge < -0.3 is 9.67 Å². The standard InChI is InChI=1S/C12H12ClN3O/c13-9-3-1-2-8(6-9)12-15-14-11(7-17)16(12)10-4-5-10/h1-3,6,10,17H,4-5,7H2. The van der Waals surface area contributed by atoms with Gasteiger partial charge in [-0.15, -0.1) is 10.2 Å². The molecule has 0 unspecified atom stereocenters. The van der Waals surface area contributed by atoms with Gasteiger partial charge in [0.1, 0.15) is 6.61 Å². The fourth-order valence-electron chi connectivity index (χ4n) is 1.97. The SMILES string of the molecule is OCc1nnc(-c2cccc(Cl)c2)n1C1CC1. The number of halogens is 1. The van der Waals surface area contributed by atoms with Crippen LogP contribution in [0, 0.1) is 0 Å². The Kier molecular flexibility index (Phi) is 2.61. The summed E-state index contributed by atoms with van der Waals surface area (Å²) in [6.07, 6.45) is 2.25. The van der Waals surface area contributed by atoms with Gasteiger partial charge in [0.2, 0.25) is 0 Å². The number of hydrogen-bond acceptors (Lipinski definition) is 3. The summed E-state index contributed by atoms with van der Waals surface area (Å²) in [5.41, 5.74) is 0.941. The Hall–Kier alpha value is -1.39. The molecule has 1 aliphatic rings. The molecule has 0 amide bonds. The van der Waals surface area contributed by atoms with Gasteiger partial charge >= 0.3 is 0 Å². The molecule has 0 atom stereocenters. The maximum absolute atomic E-state index is 9.26. The molecule has 0 aliphatic heterocycles. The van der Waals surface area contributed by atoms with Crippen molar-refractivity contribution in [3.05, 3.63) is 35.1 Å². The van der Waals surface area contributed by atoms with Gasteiger partial charge in [0.15, 0.2) is 11.6 Å². The zero-order valence-corrected chi connectivity index (χ0v) is 9.93. The van der Waals surface area contributed by atoms with Gasteiger partial charge in [0.25, 0.3) is 0 Å². The lowest BCUT2D eigenvalue weighted by atomic mass is 10.2. The van der Waals surface area contributed by atoms with E-state index in [9.17, 15) is 5.11 Å². The summed E-state index contributed by atoms with van der Waals surface area (Å²) in [7, 11) is 0. The van der Waals surface area contributed by atoms with Crippen molar-refractivity contribution < 1.29 is 5.11 Å². The van der Waals surface area contributed by atoms with Crippen molar-refractivity contribution in [2.75, 3.05) is 0 Å². The van der Waals surface area contributed by atoms with Crippen LogP contribution >= 0.6 is 11.6 Å². The normalized spacial score (nSPS) is 15.2. The molecule has 2 aromatic rings. The lowest BCUT2D eigenvalue weighted by Crippen LogP contribution is -2.03. The fourth-order valence-corrected chi connectivity index (χ4v) is 2.16. The topological polar surface area (TPSA) is 50.9 Å². The van der Waals surface area contributed by atoms with Gasteiger partial charge in [-0.3, -0.25) is 0 Å². The summed E-state index contributed by atoms with van der Waals surface area (Å²) in [6, 6.07) is 7.97. The largest absolute Gasteiger partial charge is 0.388 e. The van der Waals surface area contributed by atoms with E-state index in [-0.39, 0.29) is 6.61 Å². The van der Waals surface area contributed by atoms with E-state index >= 15 is 0 Å². The Labute approximate surface area is 104 Å². The van der Waals surface area contributed by atoms with E-state index in [1.807, 2.05) is 28.8 Å². The second-order valence-corrected chi connectivity index (χ2v) is 4.65. The molecule has 88 valence electrons. The number of aliphatic hydroxyl groups is 1. The number of aromatic nitrogens is 3. The van der Waals surface area contributed by atoms with Crippen LogP contribution in [-0.4, -0.2) is 19.9 Å². The first-order chi connectivity index (χ1) is 8.29. The minimum Gasteiger partial charge on any atom is -0.388 e. The van der Waals surface area contributed by atoms with Crippen LogP contribution < -0.4 is 0 Å². The zero-order valence-electron chi connectivity index (χ0n) is 9.17. The highest BCUT2D eigenvalue weighted by atomic mass is 35.5. The summed E-state index contributed by atoms with van der Waals surface area (Å²) in [5, 5.41) is 18.1. The van der Waals surface area contributed by atoms with Crippen molar-refractivity contribution in [3.8, 4) is 11.4 Å². The Morgan fingerprint density at radius 3 is 2.82 bits per heavy atom. The van der Waals surface area contributed by atoms with Crippen molar-refractivity contribution >= 4 is 11.6 Å². The Balaban J connectivity index is 2.11. The van der Waals surface area contributed by atoms with E-state index in [0.717, 1.165) is 24.2 Å². The average molecular weight is 250 g/mol. The van der Waals surface area contributed by atoms with Gasteiger partial charge in [-0.2, -0.15) is 0 Å². The van der Waals surface area contributed by atoms with Crippen LogP contribution in [0.15, 0.2) is 24.3 Å². The van der Waals surface area contributed by atoms with Crippen molar-refractivity contribution in [2.45, 2.75) is 25.5 Å². The van der Waals surface area contributed by atoms with Gasteiger partial charge in [0.05, 0.1) is 0 Å². The highest BCUT2D eigenvalue weighted by Gasteiger charge is 2.29. The van der Waals surface area contributed by atoms with Crippen LogP contribution in [0.3, 0.4) is 0 Å². The average Bonchev–Trinajstić information content (AvgIpc) is 3.08. The predicted octanol–water partition coefficient (Wildman–Crippen LogP) is 2.43. The quantitative estimate of drug-likeness (QED) is 0.909. The Morgan fingerprint density at radius 1 is 1.35 bits per heavy atom. The maximum atomic E-state index is 9.26. The lowest BCUT2D eigenvalue weighted by Gasteiger charge is -2.07. The van der Waals surface area contributed by atoms with E-state index < -0.39 is 0 Å². The summed E-state index contributed by atoms with van der Waals surface area (Å²) in [5.74, 6) is 1.42. The molecule has 1 fully saturated rings. The smallest absolute Gasteiger partial charge is 0.164 e. The van der Waals surface area contributed by atoms with Gasteiger partial charge in [-0.05, 0) is 25.0 Å². The highest BCUT2D eigenvalue weighted by Crippen LogP contribution is 2.39. The molecule has 1 saturated carbocycles. The van der Waals surface area contributed by atoms with Crippen LogP contribution in [0.5, 0.6) is 0 Å². The monoisotopic (exact) mass is 249 g/mol. The Bertz CT molecular complexity index is 548. The van der Waals surface area contributed by atoms with E-state index in [1.165, 1.54) is 0 Å². The molecule has 1 N–H and O–H groups in total. The molecule has 4 nitrogen and oxygen atoms in total. The minimum absolute atomic E-state index is 0.0793. The summed E-state index contributed by atoms with van der Waals surface area (Å²) in [4.78, 5) is 0. The van der Waals surface area contributed by atoms with Gasteiger partial charge in [-0.25, -0.2) is 0 Å². The first kappa shape index (κ1) is 10.7. The van der Waals surface area contributed by atoms with Crippen LogP contribution in [0.4, 0.5) is 0 Å². The van der Waals surface area contributed by atoms with Crippen LogP contribution in [0.2, 0.25) is 5.02 Å². The minimum atomic E-state index is -0.0793. The van der Waals surface area contributed by atoms with Crippen LogP contribution in [0.1, 0.15) is 24.7 Å². The van der Waals surface area contributed by atoms with Crippen molar-refractivity contribution in [2.24, 2.45) is 0 Å². The molecule has 5 heteroatoms. The van der Waals surface area contributed by atoms with Crippen molar-refractivity contribution in [1.82, 2.24) is 14.8 Å². The first-order valence-corrected chi connectivity index (χ1v) is 5.98.